The van der Waals surface area contributed by atoms with Crippen LogP contribution in [-0.4, -0.2) is 31.1 Å². The first-order valence-electron chi connectivity index (χ1n) is 5.32. The van der Waals surface area contributed by atoms with E-state index in [2.05, 4.69) is 46.2 Å². The van der Waals surface area contributed by atoms with Crippen molar-refractivity contribution in [1.82, 2.24) is 10.2 Å². The van der Waals surface area contributed by atoms with E-state index in [1.807, 2.05) is 11.3 Å². The predicted octanol–water partition coefficient (Wildman–Crippen LogP) is 2.61. The molecular formula is C11H17BrN2S. The monoisotopic (exact) mass is 288 g/mol. The Balaban J connectivity index is 1.95. The maximum atomic E-state index is 3.57. The summed E-state index contributed by atoms with van der Waals surface area (Å²) in [5, 5.41) is 3.41. The van der Waals surface area contributed by atoms with Crippen LogP contribution in [0.5, 0.6) is 0 Å². The molecule has 0 radical (unpaired) electrons. The Morgan fingerprint density at radius 2 is 2.47 bits per heavy atom. The number of likely N-dealkylation sites (N-methyl/N-ethyl adjacent to an activating group) is 1. The van der Waals surface area contributed by atoms with Gasteiger partial charge in [0.05, 0.1) is 0 Å². The Labute approximate surface area is 104 Å². The standard InChI is InChI=1S/C11H17BrN2S/c1-8-11(12)5-10(15-8)7-14(2)9-3-4-13-6-9/h5,9,13H,3-4,6-7H2,1-2H3. The second-order valence-electron chi connectivity index (χ2n) is 4.18. The highest BCUT2D eigenvalue weighted by Gasteiger charge is 2.19. The average Bonchev–Trinajstić information content (AvgIpc) is 2.77. The van der Waals surface area contributed by atoms with E-state index in [1.165, 1.54) is 27.2 Å². The first-order chi connectivity index (χ1) is 7.16. The van der Waals surface area contributed by atoms with Gasteiger partial charge in [0.2, 0.25) is 0 Å². The van der Waals surface area contributed by atoms with E-state index in [9.17, 15) is 0 Å². The lowest BCUT2D eigenvalue weighted by Crippen LogP contribution is -2.32. The molecule has 0 aromatic carbocycles. The van der Waals surface area contributed by atoms with E-state index in [1.54, 1.807) is 0 Å². The van der Waals surface area contributed by atoms with Crippen LogP contribution >= 0.6 is 27.3 Å². The molecule has 0 bridgehead atoms. The molecular weight excluding hydrogens is 272 g/mol. The van der Waals surface area contributed by atoms with Gasteiger partial charge in [-0.3, -0.25) is 4.90 Å². The van der Waals surface area contributed by atoms with E-state index < -0.39 is 0 Å². The van der Waals surface area contributed by atoms with Gasteiger partial charge in [0.15, 0.2) is 0 Å². The van der Waals surface area contributed by atoms with Gasteiger partial charge in [0, 0.05) is 33.4 Å². The molecule has 0 spiro atoms. The van der Waals surface area contributed by atoms with Gasteiger partial charge >= 0.3 is 0 Å². The van der Waals surface area contributed by atoms with Crippen LogP contribution in [0.3, 0.4) is 0 Å². The van der Waals surface area contributed by atoms with E-state index in [0.29, 0.717) is 6.04 Å². The van der Waals surface area contributed by atoms with Gasteiger partial charge in [-0.25, -0.2) is 0 Å². The molecule has 0 saturated carbocycles. The summed E-state index contributed by atoms with van der Waals surface area (Å²) >= 11 is 5.46. The van der Waals surface area contributed by atoms with Gasteiger partial charge in [0.1, 0.15) is 0 Å². The summed E-state index contributed by atoms with van der Waals surface area (Å²) in [6.45, 7) is 5.54. The van der Waals surface area contributed by atoms with Crippen LogP contribution in [-0.2, 0) is 6.54 Å². The number of aryl methyl sites for hydroxylation is 1. The fourth-order valence-corrected chi connectivity index (χ4v) is 3.65. The van der Waals surface area contributed by atoms with Crippen molar-refractivity contribution < 1.29 is 0 Å². The fraction of sp³-hybridized carbons (Fsp3) is 0.636. The predicted molar refractivity (Wildman–Crippen MR) is 69.5 cm³/mol. The van der Waals surface area contributed by atoms with Gasteiger partial charge in [0.25, 0.3) is 0 Å². The zero-order chi connectivity index (χ0) is 10.8. The summed E-state index contributed by atoms with van der Waals surface area (Å²) in [6.07, 6.45) is 1.28. The van der Waals surface area contributed by atoms with Crippen LogP contribution in [0.2, 0.25) is 0 Å². The Kier molecular flexibility index (Phi) is 3.83. The Hall–Kier alpha value is 0.100. The quantitative estimate of drug-likeness (QED) is 0.920. The average molecular weight is 289 g/mol. The van der Waals surface area contributed by atoms with Crippen molar-refractivity contribution in [2.24, 2.45) is 0 Å². The number of hydrogen-bond donors (Lipinski definition) is 1. The summed E-state index contributed by atoms with van der Waals surface area (Å²) < 4.78 is 1.25. The van der Waals surface area contributed by atoms with Crippen LogP contribution < -0.4 is 5.32 Å². The van der Waals surface area contributed by atoms with Gasteiger partial charge < -0.3 is 5.32 Å². The molecule has 1 fully saturated rings. The summed E-state index contributed by atoms with van der Waals surface area (Å²) in [7, 11) is 2.22. The number of rotatable bonds is 3. The van der Waals surface area contributed by atoms with E-state index in [0.717, 1.165) is 13.1 Å². The van der Waals surface area contributed by atoms with Crippen LogP contribution in [0.4, 0.5) is 0 Å². The summed E-state index contributed by atoms with van der Waals surface area (Å²) in [4.78, 5) is 5.29. The van der Waals surface area contributed by atoms with Crippen molar-refractivity contribution in [1.29, 1.82) is 0 Å². The third-order valence-corrected chi connectivity index (χ3v) is 5.09. The third kappa shape index (κ3) is 2.81. The molecule has 1 aromatic rings. The number of halogens is 1. The topological polar surface area (TPSA) is 15.3 Å². The molecule has 15 heavy (non-hydrogen) atoms. The summed E-state index contributed by atoms with van der Waals surface area (Å²) in [5.41, 5.74) is 0. The summed E-state index contributed by atoms with van der Waals surface area (Å²) in [6, 6.07) is 2.96. The molecule has 0 aliphatic carbocycles. The van der Waals surface area contributed by atoms with Gasteiger partial charge in [-0.2, -0.15) is 0 Å². The van der Waals surface area contributed by atoms with Crippen molar-refractivity contribution in [3.8, 4) is 0 Å². The second kappa shape index (κ2) is 4.95. The molecule has 0 amide bonds. The molecule has 2 rings (SSSR count). The molecule has 1 unspecified atom stereocenters. The molecule has 1 aliphatic heterocycles. The lowest BCUT2D eigenvalue weighted by atomic mass is 10.2. The highest BCUT2D eigenvalue weighted by atomic mass is 79.9. The van der Waals surface area contributed by atoms with Crippen LogP contribution in [0.15, 0.2) is 10.5 Å². The Morgan fingerprint density at radius 1 is 1.67 bits per heavy atom. The molecule has 4 heteroatoms. The lowest BCUT2D eigenvalue weighted by molar-refractivity contribution is 0.251. The maximum Gasteiger partial charge on any atom is 0.0328 e. The molecule has 1 aromatic heterocycles. The first kappa shape index (κ1) is 11.6. The second-order valence-corrected chi connectivity index (χ2v) is 6.37. The van der Waals surface area contributed by atoms with Crippen molar-refractivity contribution in [2.75, 3.05) is 20.1 Å². The highest BCUT2D eigenvalue weighted by Crippen LogP contribution is 2.27. The molecule has 1 N–H and O–H groups in total. The zero-order valence-corrected chi connectivity index (χ0v) is 11.6. The van der Waals surface area contributed by atoms with Crippen molar-refractivity contribution in [3.63, 3.8) is 0 Å². The SMILES string of the molecule is Cc1sc(CN(C)C2CCNC2)cc1Br. The van der Waals surface area contributed by atoms with Crippen LogP contribution in [0, 0.1) is 6.92 Å². The maximum absolute atomic E-state index is 3.57. The normalized spacial score (nSPS) is 21.5. The number of nitrogens with zero attached hydrogens (tertiary/aromatic N) is 1. The largest absolute Gasteiger partial charge is 0.315 e. The fourth-order valence-electron chi connectivity index (χ4n) is 1.99. The van der Waals surface area contributed by atoms with Crippen molar-refractivity contribution in [3.05, 3.63) is 20.3 Å². The third-order valence-electron chi connectivity index (χ3n) is 2.97. The molecule has 1 atom stereocenters. The van der Waals surface area contributed by atoms with E-state index in [-0.39, 0.29) is 0 Å². The van der Waals surface area contributed by atoms with Gasteiger partial charge in [-0.1, -0.05) is 0 Å². The molecule has 2 nitrogen and oxygen atoms in total. The smallest absolute Gasteiger partial charge is 0.0328 e. The molecule has 84 valence electrons. The number of thiophene rings is 1. The zero-order valence-electron chi connectivity index (χ0n) is 9.22. The highest BCUT2D eigenvalue weighted by molar-refractivity contribution is 9.10. The van der Waals surface area contributed by atoms with Gasteiger partial charge in [-0.05, 0) is 48.9 Å². The minimum Gasteiger partial charge on any atom is -0.315 e. The lowest BCUT2D eigenvalue weighted by Gasteiger charge is -2.22. The van der Waals surface area contributed by atoms with Gasteiger partial charge in [-0.15, -0.1) is 11.3 Å². The van der Waals surface area contributed by atoms with Crippen LogP contribution in [0.1, 0.15) is 16.2 Å². The number of nitrogens with one attached hydrogen (secondary N) is 1. The molecule has 1 aliphatic rings. The van der Waals surface area contributed by atoms with Crippen molar-refractivity contribution >= 4 is 27.3 Å². The Morgan fingerprint density at radius 3 is 3.00 bits per heavy atom. The molecule has 2 heterocycles. The molecule has 1 saturated heterocycles. The van der Waals surface area contributed by atoms with Crippen LogP contribution in [0.25, 0.3) is 0 Å². The minimum absolute atomic E-state index is 0.714. The summed E-state index contributed by atoms with van der Waals surface area (Å²) in [5.74, 6) is 0. The van der Waals surface area contributed by atoms with E-state index in [4.69, 9.17) is 0 Å². The first-order valence-corrected chi connectivity index (χ1v) is 6.93. The van der Waals surface area contributed by atoms with Crippen molar-refractivity contribution in [2.45, 2.75) is 25.9 Å². The van der Waals surface area contributed by atoms with E-state index >= 15 is 0 Å². The minimum atomic E-state index is 0.714. The number of hydrogen-bond acceptors (Lipinski definition) is 3. The Bertz CT molecular complexity index is 312.